The first-order valence-corrected chi connectivity index (χ1v) is 6.43. The van der Waals surface area contributed by atoms with E-state index in [1.807, 2.05) is 19.2 Å². The number of rotatable bonds is 4. The van der Waals surface area contributed by atoms with Crippen molar-refractivity contribution < 1.29 is 5.11 Å². The summed E-state index contributed by atoms with van der Waals surface area (Å²) < 4.78 is 0. The summed E-state index contributed by atoms with van der Waals surface area (Å²) in [4.78, 5) is 9.01. The molecule has 0 atom stereocenters. The van der Waals surface area contributed by atoms with Gasteiger partial charge in [0.15, 0.2) is 5.82 Å². The lowest BCUT2D eigenvalue weighted by Crippen LogP contribution is -2.03. The van der Waals surface area contributed by atoms with Crippen molar-refractivity contribution in [3.8, 4) is 17.1 Å². The van der Waals surface area contributed by atoms with Gasteiger partial charge in [-0.05, 0) is 24.5 Å². The Balaban J connectivity index is 2.44. The minimum atomic E-state index is 0.223. The third-order valence-corrected chi connectivity index (χ3v) is 2.76. The summed E-state index contributed by atoms with van der Waals surface area (Å²) in [6.07, 6.45) is 0.906. The van der Waals surface area contributed by atoms with Gasteiger partial charge in [0.25, 0.3) is 0 Å². The van der Waals surface area contributed by atoms with E-state index in [-0.39, 0.29) is 5.75 Å². The summed E-state index contributed by atoms with van der Waals surface area (Å²) in [6, 6.07) is 8.97. The number of hydrogen-bond donors (Lipinski definition) is 2. The number of nitrogens with zero attached hydrogens (tertiary/aromatic N) is 2. The zero-order valence-electron chi connectivity index (χ0n) is 11.5. The second-order valence-corrected chi connectivity index (χ2v) is 4.97. The highest BCUT2D eigenvalue weighted by Gasteiger charge is 2.08. The van der Waals surface area contributed by atoms with Crippen LogP contribution in [0.3, 0.4) is 0 Å². The quantitative estimate of drug-likeness (QED) is 0.883. The van der Waals surface area contributed by atoms with Crippen LogP contribution in [0.2, 0.25) is 0 Å². The molecule has 2 aromatic rings. The molecule has 0 saturated carbocycles. The predicted molar refractivity (Wildman–Crippen MR) is 77.2 cm³/mol. The van der Waals surface area contributed by atoms with Crippen LogP contribution in [0.15, 0.2) is 30.3 Å². The summed E-state index contributed by atoms with van der Waals surface area (Å²) in [5.41, 5.74) is 1.83. The molecule has 4 heteroatoms. The van der Waals surface area contributed by atoms with Gasteiger partial charge < -0.3 is 10.4 Å². The molecule has 2 rings (SSSR count). The Morgan fingerprint density at radius 1 is 1.21 bits per heavy atom. The van der Waals surface area contributed by atoms with E-state index in [0.29, 0.717) is 11.7 Å². The lowest BCUT2D eigenvalue weighted by Gasteiger charge is -2.09. The average molecular weight is 257 g/mol. The van der Waals surface area contributed by atoms with Crippen LogP contribution in [0.5, 0.6) is 5.75 Å². The number of nitrogens with one attached hydrogen (secondary N) is 1. The molecule has 1 heterocycles. The zero-order chi connectivity index (χ0) is 13.8. The molecule has 19 heavy (non-hydrogen) atoms. The Bertz CT molecular complexity index is 567. The Morgan fingerprint density at radius 3 is 2.63 bits per heavy atom. The minimum absolute atomic E-state index is 0.223. The normalized spacial score (nSPS) is 10.7. The standard InChI is InChI=1S/C15H19N3O/c1-10(2)7-12-9-14(16-3)18-15(17-12)11-5-4-6-13(19)8-11/h4-6,8-10,19H,7H2,1-3H3,(H,16,17,18). The van der Waals surface area contributed by atoms with Crippen molar-refractivity contribution in [2.24, 2.45) is 5.92 Å². The Hall–Kier alpha value is -2.10. The lowest BCUT2D eigenvalue weighted by atomic mass is 10.1. The first-order valence-electron chi connectivity index (χ1n) is 6.43. The molecule has 1 aromatic heterocycles. The molecule has 0 aliphatic rings. The fourth-order valence-corrected chi connectivity index (χ4v) is 1.92. The maximum Gasteiger partial charge on any atom is 0.161 e. The van der Waals surface area contributed by atoms with Crippen molar-refractivity contribution in [3.63, 3.8) is 0 Å². The van der Waals surface area contributed by atoms with Crippen molar-refractivity contribution in [2.75, 3.05) is 12.4 Å². The molecule has 0 saturated heterocycles. The number of benzene rings is 1. The predicted octanol–water partition coefficient (Wildman–Crippen LogP) is 3.09. The van der Waals surface area contributed by atoms with E-state index >= 15 is 0 Å². The van der Waals surface area contributed by atoms with Crippen LogP contribution in [0.4, 0.5) is 5.82 Å². The second kappa shape index (κ2) is 5.69. The minimum Gasteiger partial charge on any atom is -0.508 e. The number of phenolic OH excluding ortho intramolecular Hbond substituents is 1. The van der Waals surface area contributed by atoms with Crippen molar-refractivity contribution in [3.05, 3.63) is 36.0 Å². The van der Waals surface area contributed by atoms with Gasteiger partial charge in [0.2, 0.25) is 0 Å². The molecule has 1 aromatic carbocycles. The molecule has 0 bridgehead atoms. The molecule has 0 radical (unpaired) electrons. The summed E-state index contributed by atoms with van der Waals surface area (Å²) in [5, 5.41) is 12.6. The van der Waals surface area contributed by atoms with Crippen molar-refractivity contribution in [1.29, 1.82) is 0 Å². The molecule has 2 N–H and O–H groups in total. The van der Waals surface area contributed by atoms with Gasteiger partial charge in [-0.25, -0.2) is 9.97 Å². The van der Waals surface area contributed by atoms with Gasteiger partial charge in [-0.3, -0.25) is 0 Å². The Kier molecular flexibility index (Phi) is 4.00. The molecule has 100 valence electrons. The van der Waals surface area contributed by atoms with Gasteiger partial charge in [0, 0.05) is 24.4 Å². The molecular weight excluding hydrogens is 238 g/mol. The second-order valence-electron chi connectivity index (χ2n) is 4.97. The lowest BCUT2D eigenvalue weighted by molar-refractivity contribution is 0.475. The smallest absolute Gasteiger partial charge is 0.161 e. The third-order valence-electron chi connectivity index (χ3n) is 2.76. The molecule has 0 amide bonds. The van der Waals surface area contributed by atoms with Crippen LogP contribution >= 0.6 is 0 Å². The number of aromatic nitrogens is 2. The highest BCUT2D eigenvalue weighted by atomic mass is 16.3. The van der Waals surface area contributed by atoms with Crippen LogP contribution in [-0.2, 0) is 6.42 Å². The summed E-state index contributed by atoms with van der Waals surface area (Å²) >= 11 is 0. The van der Waals surface area contributed by atoms with Crippen LogP contribution < -0.4 is 5.32 Å². The van der Waals surface area contributed by atoms with Crippen LogP contribution in [0.25, 0.3) is 11.4 Å². The van der Waals surface area contributed by atoms with E-state index in [1.165, 1.54) is 0 Å². The fraction of sp³-hybridized carbons (Fsp3) is 0.333. The molecule has 0 spiro atoms. The van der Waals surface area contributed by atoms with Crippen molar-refractivity contribution in [1.82, 2.24) is 9.97 Å². The SMILES string of the molecule is CNc1cc(CC(C)C)nc(-c2cccc(O)c2)n1. The highest BCUT2D eigenvalue weighted by molar-refractivity contribution is 5.59. The molecular formula is C15H19N3O. The van der Waals surface area contributed by atoms with Crippen LogP contribution in [0.1, 0.15) is 19.5 Å². The third kappa shape index (κ3) is 3.44. The average Bonchev–Trinajstić information content (AvgIpc) is 2.37. The van der Waals surface area contributed by atoms with E-state index in [1.54, 1.807) is 18.2 Å². The molecule has 0 fully saturated rings. The largest absolute Gasteiger partial charge is 0.508 e. The van der Waals surface area contributed by atoms with Gasteiger partial charge in [-0.15, -0.1) is 0 Å². The maximum atomic E-state index is 9.54. The van der Waals surface area contributed by atoms with Crippen LogP contribution in [-0.4, -0.2) is 22.1 Å². The summed E-state index contributed by atoms with van der Waals surface area (Å²) in [6.45, 7) is 4.32. The van der Waals surface area contributed by atoms with Crippen molar-refractivity contribution >= 4 is 5.82 Å². The van der Waals surface area contributed by atoms with E-state index in [0.717, 1.165) is 23.5 Å². The molecule has 0 aliphatic carbocycles. The topological polar surface area (TPSA) is 58.0 Å². The first kappa shape index (κ1) is 13.3. The maximum absolute atomic E-state index is 9.54. The summed E-state index contributed by atoms with van der Waals surface area (Å²) in [5.74, 6) is 2.19. The summed E-state index contributed by atoms with van der Waals surface area (Å²) in [7, 11) is 1.84. The van der Waals surface area contributed by atoms with E-state index in [4.69, 9.17) is 0 Å². The fourth-order valence-electron chi connectivity index (χ4n) is 1.92. The Labute approximate surface area is 113 Å². The van der Waals surface area contributed by atoms with Gasteiger partial charge in [0.05, 0.1) is 0 Å². The van der Waals surface area contributed by atoms with Gasteiger partial charge in [0.1, 0.15) is 11.6 Å². The van der Waals surface area contributed by atoms with Crippen molar-refractivity contribution in [2.45, 2.75) is 20.3 Å². The van der Waals surface area contributed by atoms with E-state index in [9.17, 15) is 5.11 Å². The molecule has 0 unspecified atom stereocenters. The van der Waals surface area contributed by atoms with Gasteiger partial charge >= 0.3 is 0 Å². The van der Waals surface area contributed by atoms with Crippen LogP contribution in [0, 0.1) is 5.92 Å². The number of anilines is 1. The number of aromatic hydroxyl groups is 1. The first-order chi connectivity index (χ1) is 9.08. The number of phenols is 1. The van der Waals surface area contributed by atoms with Gasteiger partial charge in [-0.1, -0.05) is 26.0 Å². The molecule has 4 nitrogen and oxygen atoms in total. The van der Waals surface area contributed by atoms with Gasteiger partial charge in [-0.2, -0.15) is 0 Å². The number of hydrogen-bond acceptors (Lipinski definition) is 4. The van der Waals surface area contributed by atoms with E-state index < -0.39 is 0 Å². The van der Waals surface area contributed by atoms with E-state index in [2.05, 4.69) is 29.1 Å². The Morgan fingerprint density at radius 2 is 2.00 bits per heavy atom. The highest BCUT2D eigenvalue weighted by Crippen LogP contribution is 2.22. The zero-order valence-corrected chi connectivity index (χ0v) is 11.5. The monoisotopic (exact) mass is 257 g/mol. The molecule has 0 aliphatic heterocycles.